The summed E-state index contributed by atoms with van der Waals surface area (Å²) in [6.07, 6.45) is 1.49. The van der Waals surface area contributed by atoms with Crippen LogP contribution in [0.15, 0.2) is 41.5 Å². The van der Waals surface area contributed by atoms with Gasteiger partial charge in [-0.1, -0.05) is 17.7 Å². The number of hydrazone groups is 1. The van der Waals surface area contributed by atoms with E-state index in [-0.39, 0.29) is 5.91 Å². The third-order valence-electron chi connectivity index (χ3n) is 3.38. The Morgan fingerprint density at radius 1 is 1.04 bits per heavy atom. The lowest BCUT2D eigenvalue weighted by molar-refractivity contribution is 0.0955. The summed E-state index contributed by atoms with van der Waals surface area (Å²) < 4.78 is 15.9. The van der Waals surface area contributed by atoms with Crippen LogP contribution in [0.3, 0.4) is 0 Å². The van der Waals surface area contributed by atoms with Crippen LogP contribution < -0.4 is 19.6 Å². The summed E-state index contributed by atoms with van der Waals surface area (Å²) in [5.74, 6) is 1.21. The SMILES string of the molecule is COc1ccc(C=NNC(=O)c2cccc(C)c2)c(OC)c1OC. The third-order valence-corrected chi connectivity index (χ3v) is 3.38. The number of amides is 1. The van der Waals surface area contributed by atoms with Crippen molar-refractivity contribution >= 4 is 12.1 Å². The number of methoxy groups -OCH3 is 3. The van der Waals surface area contributed by atoms with E-state index in [1.807, 2.05) is 19.1 Å². The Morgan fingerprint density at radius 2 is 1.79 bits per heavy atom. The number of rotatable bonds is 6. The molecule has 0 aliphatic rings. The first-order valence-corrected chi connectivity index (χ1v) is 7.29. The molecule has 0 radical (unpaired) electrons. The molecular formula is C18H20N2O4. The Hall–Kier alpha value is -3.02. The second-order valence-corrected chi connectivity index (χ2v) is 4.99. The highest BCUT2D eigenvalue weighted by Gasteiger charge is 2.14. The fourth-order valence-electron chi connectivity index (χ4n) is 2.24. The van der Waals surface area contributed by atoms with Crippen molar-refractivity contribution in [2.45, 2.75) is 6.92 Å². The summed E-state index contributed by atoms with van der Waals surface area (Å²) in [5.41, 5.74) is 4.70. The van der Waals surface area contributed by atoms with E-state index in [1.54, 1.807) is 31.4 Å². The van der Waals surface area contributed by atoms with Gasteiger partial charge in [0.1, 0.15) is 0 Å². The molecule has 0 aliphatic carbocycles. The minimum atomic E-state index is -0.283. The molecule has 24 heavy (non-hydrogen) atoms. The molecule has 0 heterocycles. The van der Waals surface area contributed by atoms with E-state index >= 15 is 0 Å². The molecule has 1 amide bonds. The Balaban J connectivity index is 2.18. The molecule has 0 fully saturated rings. The Morgan fingerprint density at radius 3 is 2.42 bits per heavy atom. The van der Waals surface area contributed by atoms with Crippen LogP contribution in [0.25, 0.3) is 0 Å². The molecule has 0 unspecified atom stereocenters. The largest absolute Gasteiger partial charge is 0.493 e. The van der Waals surface area contributed by atoms with Gasteiger partial charge in [-0.2, -0.15) is 5.10 Å². The minimum Gasteiger partial charge on any atom is -0.493 e. The Bertz CT molecular complexity index is 757. The van der Waals surface area contributed by atoms with Gasteiger partial charge < -0.3 is 14.2 Å². The number of hydrogen-bond acceptors (Lipinski definition) is 5. The molecular weight excluding hydrogens is 308 g/mol. The molecule has 2 aromatic rings. The van der Waals surface area contributed by atoms with Crippen molar-refractivity contribution in [3.63, 3.8) is 0 Å². The van der Waals surface area contributed by atoms with Crippen LogP contribution in [0.5, 0.6) is 17.2 Å². The van der Waals surface area contributed by atoms with Gasteiger partial charge in [-0.25, -0.2) is 5.43 Å². The van der Waals surface area contributed by atoms with Gasteiger partial charge in [-0.15, -0.1) is 0 Å². The van der Waals surface area contributed by atoms with Crippen LogP contribution >= 0.6 is 0 Å². The van der Waals surface area contributed by atoms with E-state index in [4.69, 9.17) is 14.2 Å². The lowest BCUT2D eigenvalue weighted by Gasteiger charge is -2.13. The molecule has 0 spiro atoms. The van der Waals surface area contributed by atoms with Crippen LogP contribution in [-0.4, -0.2) is 33.5 Å². The second kappa shape index (κ2) is 8.01. The fraction of sp³-hybridized carbons (Fsp3) is 0.222. The summed E-state index contributed by atoms with van der Waals surface area (Å²) in [7, 11) is 4.61. The molecule has 0 bridgehead atoms. The lowest BCUT2D eigenvalue weighted by Crippen LogP contribution is -2.17. The van der Waals surface area contributed by atoms with Crippen LogP contribution in [0.4, 0.5) is 0 Å². The standard InChI is InChI=1S/C18H20N2O4/c1-12-6-5-7-13(10-12)18(21)20-19-11-14-8-9-15(22-2)17(24-4)16(14)23-3/h5-11H,1-4H3,(H,20,21). The van der Waals surface area contributed by atoms with E-state index in [0.29, 0.717) is 28.4 Å². The van der Waals surface area contributed by atoms with Gasteiger partial charge in [0.2, 0.25) is 5.75 Å². The maximum Gasteiger partial charge on any atom is 0.271 e. The molecule has 6 nitrogen and oxygen atoms in total. The van der Waals surface area contributed by atoms with Gasteiger partial charge in [0.25, 0.3) is 5.91 Å². The number of benzene rings is 2. The van der Waals surface area contributed by atoms with E-state index in [2.05, 4.69) is 10.5 Å². The number of nitrogens with zero attached hydrogens (tertiary/aromatic N) is 1. The summed E-state index contributed by atoms with van der Waals surface area (Å²) in [6.45, 7) is 1.93. The quantitative estimate of drug-likeness (QED) is 0.654. The van der Waals surface area contributed by atoms with Crippen molar-refractivity contribution < 1.29 is 19.0 Å². The number of ether oxygens (including phenoxy) is 3. The number of carbonyl (C=O) groups is 1. The molecule has 1 N–H and O–H groups in total. The predicted octanol–water partition coefficient (Wildman–Crippen LogP) is 2.78. The van der Waals surface area contributed by atoms with Crippen LogP contribution in [0.2, 0.25) is 0 Å². The van der Waals surface area contributed by atoms with E-state index in [0.717, 1.165) is 5.56 Å². The van der Waals surface area contributed by atoms with Gasteiger partial charge in [-0.3, -0.25) is 4.79 Å². The van der Waals surface area contributed by atoms with Crippen LogP contribution in [0.1, 0.15) is 21.5 Å². The first-order valence-electron chi connectivity index (χ1n) is 7.29. The first kappa shape index (κ1) is 17.3. The zero-order valence-electron chi connectivity index (χ0n) is 14.1. The van der Waals surface area contributed by atoms with Crippen LogP contribution in [0, 0.1) is 6.92 Å². The summed E-state index contributed by atoms with van der Waals surface area (Å²) in [5, 5.41) is 3.99. The monoisotopic (exact) mass is 328 g/mol. The predicted molar refractivity (Wildman–Crippen MR) is 92.3 cm³/mol. The highest BCUT2D eigenvalue weighted by Crippen LogP contribution is 2.38. The second-order valence-electron chi connectivity index (χ2n) is 4.99. The molecule has 6 heteroatoms. The first-order chi connectivity index (χ1) is 11.6. The van der Waals surface area contributed by atoms with Crippen molar-refractivity contribution in [3.8, 4) is 17.2 Å². The highest BCUT2D eigenvalue weighted by molar-refractivity contribution is 5.95. The minimum absolute atomic E-state index is 0.283. The van der Waals surface area contributed by atoms with Gasteiger partial charge in [0.05, 0.1) is 27.5 Å². The number of hydrogen-bond donors (Lipinski definition) is 1. The van der Waals surface area contributed by atoms with Crippen molar-refractivity contribution in [3.05, 3.63) is 53.1 Å². The van der Waals surface area contributed by atoms with Gasteiger partial charge >= 0.3 is 0 Å². The summed E-state index contributed by atoms with van der Waals surface area (Å²) in [6, 6.07) is 10.8. The molecule has 2 aromatic carbocycles. The van der Waals surface area contributed by atoms with E-state index in [9.17, 15) is 4.79 Å². The Labute approximate surface area is 141 Å². The zero-order chi connectivity index (χ0) is 17.5. The molecule has 0 aliphatic heterocycles. The molecule has 2 rings (SSSR count). The van der Waals surface area contributed by atoms with E-state index < -0.39 is 0 Å². The molecule has 126 valence electrons. The molecule has 0 saturated carbocycles. The van der Waals surface area contributed by atoms with Gasteiger partial charge in [0, 0.05) is 11.1 Å². The maximum atomic E-state index is 12.1. The van der Waals surface area contributed by atoms with Crippen molar-refractivity contribution in [2.75, 3.05) is 21.3 Å². The fourth-order valence-corrected chi connectivity index (χ4v) is 2.24. The topological polar surface area (TPSA) is 69.2 Å². The normalized spacial score (nSPS) is 10.5. The van der Waals surface area contributed by atoms with Gasteiger partial charge in [-0.05, 0) is 31.2 Å². The maximum absolute atomic E-state index is 12.1. The lowest BCUT2D eigenvalue weighted by atomic mass is 10.1. The third kappa shape index (κ3) is 3.84. The average molecular weight is 328 g/mol. The van der Waals surface area contributed by atoms with Crippen molar-refractivity contribution in [1.29, 1.82) is 0 Å². The smallest absolute Gasteiger partial charge is 0.271 e. The molecule has 0 aromatic heterocycles. The van der Waals surface area contributed by atoms with E-state index in [1.165, 1.54) is 20.4 Å². The number of aryl methyl sites for hydroxylation is 1. The summed E-state index contributed by atoms with van der Waals surface area (Å²) >= 11 is 0. The summed E-state index contributed by atoms with van der Waals surface area (Å²) in [4.78, 5) is 12.1. The molecule has 0 saturated heterocycles. The zero-order valence-corrected chi connectivity index (χ0v) is 14.1. The van der Waals surface area contributed by atoms with Gasteiger partial charge in [0.15, 0.2) is 11.5 Å². The highest BCUT2D eigenvalue weighted by atomic mass is 16.5. The molecule has 0 atom stereocenters. The Kier molecular flexibility index (Phi) is 5.78. The number of carbonyl (C=O) groups excluding carboxylic acids is 1. The van der Waals surface area contributed by atoms with Crippen molar-refractivity contribution in [2.24, 2.45) is 5.10 Å². The van der Waals surface area contributed by atoms with Crippen molar-refractivity contribution in [1.82, 2.24) is 5.43 Å². The number of nitrogens with one attached hydrogen (secondary N) is 1. The van der Waals surface area contributed by atoms with Crippen LogP contribution in [-0.2, 0) is 0 Å². The average Bonchev–Trinajstić information content (AvgIpc) is 2.60.